The number of piperazine rings is 1. The van der Waals surface area contributed by atoms with Crippen molar-refractivity contribution in [1.82, 2.24) is 19.4 Å². The summed E-state index contributed by atoms with van der Waals surface area (Å²) in [7, 11) is 3.56. The lowest BCUT2D eigenvalue weighted by molar-refractivity contribution is -0.137. The van der Waals surface area contributed by atoms with Gasteiger partial charge in [0.05, 0.1) is 23.0 Å². The summed E-state index contributed by atoms with van der Waals surface area (Å²) in [5, 5.41) is 1.09. The van der Waals surface area contributed by atoms with E-state index < -0.39 is 37.1 Å². The van der Waals surface area contributed by atoms with Crippen LogP contribution in [0.4, 0.5) is 27.6 Å². The molecule has 0 saturated carbocycles. The number of carbonyl (C=O) groups is 1. The standard InChI is InChI=1S/C38H38F5N5O3/c1-45-31(25-48-17-15-47(16-18-48)24-26-3-11-32(12-4-26)50-34(21-39)22-40)19-28-7-13-33(20-35(28)45)51-36-14-10-30(23-44-36)46(2)37(49)27-5-8-29(9-6-27)38(41,42)43/h3-14,19-20,23,34H,15-18,21-22,24-25H2,1-2H3. The van der Waals surface area contributed by atoms with Gasteiger partial charge in [-0.15, -0.1) is 0 Å². The number of alkyl halides is 5. The summed E-state index contributed by atoms with van der Waals surface area (Å²) in [6, 6.07) is 22.8. The van der Waals surface area contributed by atoms with Crippen LogP contribution in [-0.2, 0) is 26.3 Å². The lowest BCUT2D eigenvalue weighted by Crippen LogP contribution is -2.45. The van der Waals surface area contributed by atoms with Crippen molar-refractivity contribution in [1.29, 1.82) is 0 Å². The minimum atomic E-state index is -4.48. The van der Waals surface area contributed by atoms with Gasteiger partial charge in [0.1, 0.15) is 24.8 Å². The number of hydrogen-bond donors (Lipinski definition) is 0. The fraction of sp³-hybridized carbons (Fsp3) is 0.316. The molecular formula is C38H38F5N5O3. The monoisotopic (exact) mass is 707 g/mol. The molecule has 51 heavy (non-hydrogen) atoms. The molecule has 8 nitrogen and oxygen atoms in total. The molecule has 0 atom stereocenters. The van der Waals surface area contributed by atoms with Gasteiger partial charge in [-0.05, 0) is 66.2 Å². The number of ether oxygens (including phenoxy) is 2. The van der Waals surface area contributed by atoms with E-state index in [9.17, 15) is 26.7 Å². The Balaban J connectivity index is 1.01. The van der Waals surface area contributed by atoms with E-state index in [0.717, 1.165) is 80.0 Å². The second-order valence-corrected chi connectivity index (χ2v) is 12.6. The van der Waals surface area contributed by atoms with Crippen LogP contribution in [-0.4, -0.2) is 77.9 Å². The number of benzene rings is 3. The molecule has 1 saturated heterocycles. The third-order valence-electron chi connectivity index (χ3n) is 9.04. The van der Waals surface area contributed by atoms with Crippen molar-refractivity contribution in [2.45, 2.75) is 25.4 Å². The Morgan fingerprint density at radius 2 is 1.49 bits per heavy atom. The van der Waals surface area contributed by atoms with Crippen molar-refractivity contribution in [3.05, 3.63) is 114 Å². The Morgan fingerprint density at radius 1 is 0.843 bits per heavy atom. The van der Waals surface area contributed by atoms with Crippen LogP contribution < -0.4 is 14.4 Å². The first-order chi connectivity index (χ1) is 24.5. The Morgan fingerprint density at radius 3 is 2.10 bits per heavy atom. The summed E-state index contributed by atoms with van der Waals surface area (Å²) in [5.74, 6) is 0.922. The minimum Gasteiger partial charge on any atom is -0.485 e. The lowest BCUT2D eigenvalue weighted by Gasteiger charge is -2.34. The first-order valence-electron chi connectivity index (χ1n) is 16.5. The average Bonchev–Trinajstić information content (AvgIpc) is 3.45. The van der Waals surface area contributed by atoms with Crippen molar-refractivity contribution >= 4 is 22.5 Å². The second-order valence-electron chi connectivity index (χ2n) is 12.6. The van der Waals surface area contributed by atoms with Gasteiger partial charge in [0.2, 0.25) is 5.88 Å². The molecule has 3 heterocycles. The summed E-state index contributed by atoms with van der Waals surface area (Å²) >= 11 is 0. The van der Waals surface area contributed by atoms with E-state index in [4.69, 9.17) is 9.47 Å². The molecule has 0 N–H and O–H groups in total. The zero-order chi connectivity index (χ0) is 36.1. The highest BCUT2D eigenvalue weighted by Gasteiger charge is 2.30. The van der Waals surface area contributed by atoms with E-state index in [0.29, 0.717) is 23.1 Å². The topological polar surface area (TPSA) is 63.1 Å². The van der Waals surface area contributed by atoms with Crippen LogP contribution in [0, 0.1) is 0 Å². The van der Waals surface area contributed by atoms with Gasteiger partial charge >= 0.3 is 6.18 Å². The summed E-state index contributed by atoms with van der Waals surface area (Å²) in [6.07, 6.45) is -4.07. The molecule has 0 radical (unpaired) electrons. The molecule has 0 unspecified atom stereocenters. The highest BCUT2D eigenvalue weighted by Crippen LogP contribution is 2.31. The molecule has 5 aromatic rings. The second kappa shape index (κ2) is 15.5. The number of nitrogens with zero attached hydrogens (tertiary/aromatic N) is 5. The number of pyridine rings is 1. The van der Waals surface area contributed by atoms with Crippen molar-refractivity contribution in [2.24, 2.45) is 7.05 Å². The largest absolute Gasteiger partial charge is 0.485 e. The molecule has 0 spiro atoms. The van der Waals surface area contributed by atoms with Crippen LogP contribution in [0.15, 0.2) is 91.1 Å². The van der Waals surface area contributed by atoms with Crippen LogP contribution in [0.25, 0.3) is 10.9 Å². The number of amides is 1. The highest BCUT2D eigenvalue weighted by atomic mass is 19.4. The van der Waals surface area contributed by atoms with Gasteiger partial charge in [0.25, 0.3) is 5.91 Å². The Hall–Kier alpha value is -5.01. The molecule has 6 rings (SSSR count). The molecule has 1 fully saturated rings. The van der Waals surface area contributed by atoms with Gasteiger partial charge in [-0.2, -0.15) is 13.2 Å². The van der Waals surface area contributed by atoms with Crippen LogP contribution in [0.2, 0.25) is 0 Å². The molecule has 2 aromatic heterocycles. The predicted molar refractivity (Wildman–Crippen MR) is 185 cm³/mol. The lowest BCUT2D eigenvalue weighted by atomic mass is 10.1. The molecule has 13 heteroatoms. The van der Waals surface area contributed by atoms with Crippen molar-refractivity contribution in [3.8, 4) is 17.4 Å². The summed E-state index contributed by atoms with van der Waals surface area (Å²) < 4.78 is 77.7. The van der Waals surface area contributed by atoms with E-state index >= 15 is 0 Å². The van der Waals surface area contributed by atoms with Crippen LogP contribution in [0.3, 0.4) is 0 Å². The number of hydrogen-bond acceptors (Lipinski definition) is 6. The van der Waals surface area contributed by atoms with E-state index in [-0.39, 0.29) is 5.56 Å². The van der Waals surface area contributed by atoms with E-state index in [2.05, 4.69) is 25.4 Å². The molecule has 0 aliphatic carbocycles. The van der Waals surface area contributed by atoms with Gasteiger partial charge in [0, 0.05) is 82.1 Å². The number of aryl methyl sites for hydroxylation is 1. The molecule has 1 aliphatic rings. The maximum Gasteiger partial charge on any atom is 0.416 e. The predicted octanol–water partition coefficient (Wildman–Crippen LogP) is 7.67. The van der Waals surface area contributed by atoms with Gasteiger partial charge in [-0.25, -0.2) is 13.8 Å². The zero-order valence-corrected chi connectivity index (χ0v) is 28.2. The number of fused-ring (bicyclic) bond motifs is 1. The smallest absolute Gasteiger partial charge is 0.416 e. The molecular weight excluding hydrogens is 669 g/mol. The Labute approximate surface area is 292 Å². The van der Waals surface area contributed by atoms with Gasteiger partial charge < -0.3 is 18.9 Å². The van der Waals surface area contributed by atoms with Crippen molar-refractivity contribution in [3.63, 3.8) is 0 Å². The maximum absolute atomic E-state index is 12.9. The van der Waals surface area contributed by atoms with Crippen molar-refractivity contribution in [2.75, 3.05) is 51.5 Å². The fourth-order valence-electron chi connectivity index (χ4n) is 6.01. The number of halogens is 5. The molecule has 1 aliphatic heterocycles. The average molecular weight is 708 g/mol. The molecule has 1 amide bonds. The van der Waals surface area contributed by atoms with Gasteiger partial charge in [-0.3, -0.25) is 14.6 Å². The highest BCUT2D eigenvalue weighted by molar-refractivity contribution is 6.05. The van der Waals surface area contributed by atoms with E-state index in [1.807, 2.05) is 37.4 Å². The number of aromatic nitrogens is 2. The summed E-state index contributed by atoms with van der Waals surface area (Å²) in [4.78, 5) is 23.3. The van der Waals surface area contributed by atoms with Crippen LogP contribution >= 0.6 is 0 Å². The minimum absolute atomic E-state index is 0.126. The van der Waals surface area contributed by atoms with Gasteiger partial charge in [0.15, 0.2) is 6.10 Å². The number of carbonyl (C=O) groups excluding carboxylic acids is 1. The van der Waals surface area contributed by atoms with Crippen LogP contribution in [0.1, 0.15) is 27.2 Å². The molecule has 3 aromatic carbocycles. The van der Waals surface area contributed by atoms with Crippen molar-refractivity contribution < 1.29 is 36.2 Å². The van der Waals surface area contributed by atoms with E-state index in [1.165, 1.54) is 23.8 Å². The molecule has 0 bridgehead atoms. The summed E-state index contributed by atoms with van der Waals surface area (Å²) in [5.41, 5.74) is 3.07. The first-order valence-corrected chi connectivity index (χ1v) is 16.5. The SMILES string of the molecule is CN(C(=O)c1ccc(C(F)(F)F)cc1)c1ccc(Oc2ccc3cc(CN4CCN(Cc5ccc(OC(CF)CF)cc5)CC4)n(C)c3c2)nc1. The quantitative estimate of drug-likeness (QED) is 0.124. The number of anilines is 1. The Bertz CT molecular complexity index is 1920. The maximum atomic E-state index is 12.9. The normalized spacial score (nSPS) is 14.3. The number of rotatable bonds is 12. The van der Waals surface area contributed by atoms with E-state index in [1.54, 1.807) is 24.3 Å². The molecule has 268 valence electrons. The first kappa shape index (κ1) is 35.8. The van der Waals surface area contributed by atoms with Gasteiger partial charge in [-0.1, -0.05) is 12.1 Å². The van der Waals surface area contributed by atoms with Crippen LogP contribution in [0.5, 0.6) is 17.4 Å². The third-order valence-corrected chi connectivity index (χ3v) is 9.04. The third kappa shape index (κ3) is 8.66. The summed E-state index contributed by atoms with van der Waals surface area (Å²) in [6.45, 7) is 3.52. The zero-order valence-electron chi connectivity index (χ0n) is 28.2. The Kier molecular flexibility index (Phi) is 10.9. The fourth-order valence-corrected chi connectivity index (χ4v) is 6.01.